The molecule has 0 aliphatic rings. The van der Waals surface area contributed by atoms with Gasteiger partial charge in [0.25, 0.3) is 5.89 Å². The minimum absolute atomic E-state index is 0.192. The number of nitrogens with one attached hydrogen (secondary N) is 1. The molecule has 0 saturated heterocycles. The molecule has 2 aromatic carbocycles. The number of rotatable bonds is 6. The molecule has 25 heavy (non-hydrogen) atoms. The molecule has 1 aromatic heterocycles. The van der Waals surface area contributed by atoms with Crippen LogP contribution in [-0.2, 0) is 0 Å². The summed E-state index contributed by atoms with van der Waals surface area (Å²) in [6.45, 7) is 1.93. The van der Waals surface area contributed by atoms with Crippen molar-refractivity contribution in [3.05, 3.63) is 64.2 Å². The molecule has 130 valence electrons. The molecule has 0 saturated carbocycles. The third-order valence-electron chi connectivity index (χ3n) is 3.35. The number of nitrogens with zero attached hydrogens (tertiary/aromatic N) is 2. The quantitative estimate of drug-likeness (QED) is 0.585. The summed E-state index contributed by atoms with van der Waals surface area (Å²) in [6.07, 6.45) is 0.173. The molecule has 0 radical (unpaired) electrons. The number of hydrogen-bond acceptors (Lipinski definition) is 5. The number of hydrogen-bond donors (Lipinski definition) is 1. The van der Waals surface area contributed by atoms with E-state index in [1.807, 2.05) is 6.92 Å². The van der Waals surface area contributed by atoms with Crippen LogP contribution < -0.4 is 10.1 Å². The van der Waals surface area contributed by atoms with Gasteiger partial charge in [-0.3, -0.25) is 0 Å². The summed E-state index contributed by atoms with van der Waals surface area (Å²) in [4.78, 5) is 0. The fraction of sp³-hybridized carbons (Fsp3) is 0.176. The first-order valence-electron chi connectivity index (χ1n) is 7.53. The minimum Gasteiger partial charge on any atom is -0.481 e. The van der Waals surface area contributed by atoms with E-state index >= 15 is 0 Å². The third kappa shape index (κ3) is 4.41. The molecule has 0 bridgehead atoms. The van der Waals surface area contributed by atoms with Crippen molar-refractivity contribution in [1.82, 2.24) is 10.2 Å². The second kappa shape index (κ2) is 7.72. The molecular weight excluding hydrogens is 368 g/mol. The highest BCUT2D eigenvalue weighted by molar-refractivity contribution is 6.42. The van der Waals surface area contributed by atoms with Crippen LogP contribution in [0.15, 0.2) is 46.9 Å². The van der Waals surface area contributed by atoms with E-state index in [4.69, 9.17) is 32.4 Å². The van der Waals surface area contributed by atoms with Crippen LogP contribution in [0.25, 0.3) is 0 Å². The topological polar surface area (TPSA) is 60.2 Å². The molecule has 3 rings (SSSR count). The van der Waals surface area contributed by atoms with Crippen molar-refractivity contribution < 1.29 is 13.5 Å². The van der Waals surface area contributed by atoms with E-state index in [0.717, 1.165) is 0 Å². The maximum atomic E-state index is 12.9. The fourth-order valence-corrected chi connectivity index (χ4v) is 2.38. The lowest BCUT2D eigenvalue weighted by molar-refractivity contribution is 0.166. The van der Waals surface area contributed by atoms with Crippen LogP contribution in [0.5, 0.6) is 5.75 Å². The van der Waals surface area contributed by atoms with Crippen molar-refractivity contribution in [2.45, 2.75) is 19.4 Å². The van der Waals surface area contributed by atoms with Gasteiger partial charge in [-0.05, 0) is 42.8 Å². The summed E-state index contributed by atoms with van der Waals surface area (Å²) in [7, 11) is 0. The van der Waals surface area contributed by atoms with Gasteiger partial charge in [0.05, 0.1) is 10.0 Å². The Labute approximate surface area is 153 Å². The molecule has 0 aliphatic carbocycles. The maximum absolute atomic E-state index is 12.9. The van der Waals surface area contributed by atoms with Crippen LogP contribution >= 0.6 is 23.2 Å². The van der Waals surface area contributed by atoms with Crippen LogP contribution in [0.4, 0.5) is 16.1 Å². The predicted molar refractivity (Wildman–Crippen MR) is 94.1 cm³/mol. The number of benzene rings is 2. The average molecular weight is 382 g/mol. The second-order valence-corrected chi connectivity index (χ2v) is 5.98. The van der Waals surface area contributed by atoms with Crippen molar-refractivity contribution in [3.63, 3.8) is 0 Å². The van der Waals surface area contributed by atoms with E-state index in [9.17, 15) is 4.39 Å². The standard InChI is InChI=1S/C17H14Cl2FN3O2/c1-2-15(24-12-7-8-13(18)14(19)9-12)16-22-23-17(25-16)21-11-5-3-10(20)4-6-11/h3-9,15H,2H2,1H3,(H,21,23). The van der Waals surface area contributed by atoms with Crippen molar-refractivity contribution in [1.29, 1.82) is 0 Å². The van der Waals surface area contributed by atoms with E-state index in [1.54, 1.807) is 30.3 Å². The molecule has 8 heteroatoms. The van der Waals surface area contributed by atoms with Gasteiger partial charge in [0.1, 0.15) is 11.6 Å². The lowest BCUT2D eigenvalue weighted by Gasteiger charge is -2.14. The Morgan fingerprint density at radius 3 is 2.56 bits per heavy atom. The molecule has 1 N–H and O–H groups in total. The fourth-order valence-electron chi connectivity index (χ4n) is 2.09. The highest BCUT2D eigenvalue weighted by atomic mass is 35.5. The molecular formula is C17H14Cl2FN3O2. The van der Waals surface area contributed by atoms with E-state index in [-0.39, 0.29) is 11.8 Å². The zero-order chi connectivity index (χ0) is 17.8. The summed E-state index contributed by atoms with van der Waals surface area (Å²) in [5.74, 6) is 0.545. The first-order chi connectivity index (χ1) is 12.0. The molecule has 1 unspecified atom stereocenters. The van der Waals surface area contributed by atoms with E-state index in [0.29, 0.717) is 33.8 Å². The summed E-state index contributed by atoms with van der Waals surface area (Å²) in [6, 6.07) is 11.0. The van der Waals surface area contributed by atoms with E-state index in [1.165, 1.54) is 12.1 Å². The molecule has 0 spiro atoms. The Morgan fingerprint density at radius 2 is 1.88 bits per heavy atom. The van der Waals surface area contributed by atoms with Gasteiger partial charge in [-0.2, -0.15) is 0 Å². The Morgan fingerprint density at radius 1 is 1.12 bits per heavy atom. The van der Waals surface area contributed by atoms with Gasteiger partial charge < -0.3 is 14.5 Å². The normalized spacial score (nSPS) is 12.0. The Bertz CT molecular complexity index is 855. The molecule has 0 aliphatic heterocycles. The van der Waals surface area contributed by atoms with Crippen LogP contribution in [0, 0.1) is 5.82 Å². The first kappa shape index (κ1) is 17.5. The lowest BCUT2D eigenvalue weighted by atomic mass is 10.2. The van der Waals surface area contributed by atoms with Crippen LogP contribution in [0.3, 0.4) is 0 Å². The minimum atomic E-state index is -0.437. The SMILES string of the molecule is CCC(Oc1ccc(Cl)c(Cl)c1)c1nnc(Nc2ccc(F)cc2)o1. The van der Waals surface area contributed by atoms with Crippen molar-refractivity contribution >= 4 is 34.9 Å². The average Bonchev–Trinajstić information content (AvgIpc) is 3.06. The molecule has 3 aromatic rings. The van der Waals surface area contributed by atoms with Gasteiger partial charge in [-0.25, -0.2) is 4.39 Å². The Kier molecular flexibility index (Phi) is 5.40. The first-order valence-corrected chi connectivity index (χ1v) is 8.28. The molecule has 1 heterocycles. The Balaban J connectivity index is 1.72. The molecule has 1 atom stereocenters. The summed E-state index contributed by atoms with van der Waals surface area (Å²) in [5, 5.41) is 11.7. The predicted octanol–water partition coefficient (Wildman–Crippen LogP) is 5.79. The van der Waals surface area contributed by atoms with Crippen LogP contribution in [0.2, 0.25) is 10.0 Å². The van der Waals surface area contributed by atoms with E-state index < -0.39 is 6.10 Å². The Hall–Kier alpha value is -2.31. The van der Waals surface area contributed by atoms with Crippen molar-refractivity contribution in [2.75, 3.05) is 5.32 Å². The van der Waals surface area contributed by atoms with Crippen molar-refractivity contribution in [2.24, 2.45) is 0 Å². The van der Waals surface area contributed by atoms with E-state index in [2.05, 4.69) is 15.5 Å². The highest BCUT2D eigenvalue weighted by Gasteiger charge is 2.19. The number of ether oxygens (including phenoxy) is 1. The zero-order valence-electron chi connectivity index (χ0n) is 13.2. The molecule has 0 amide bonds. The van der Waals surface area contributed by atoms with Gasteiger partial charge >= 0.3 is 6.01 Å². The summed E-state index contributed by atoms with van der Waals surface area (Å²) in [5.41, 5.74) is 0.634. The number of aromatic nitrogens is 2. The zero-order valence-corrected chi connectivity index (χ0v) is 14.7. The van der Waals surface area contributed by atoms with Crippen molar-refractivity contribution in [3.8, 4) is 5.75 Å². The summed E-state index contributed by atoms with van der Waals surface area (Å²) >= 11 is 11.9. The van der Waals surface area contributed by atoms with Gasteiger partial charge in [0, 0.05) is 11.8 Å². The van der Waals surface area contributed by atoms with Gasteiger partial charge in [0.2, 0.25) is 0 Å². The lowest BCUT2D eigenvalue weighted by Crippen LogP contribution is -2.07. The number of anilines is 2. The van der Waals surface area contributed by atoms with Gasteiger partial charge in [-0.1, -0.05) is 35.2 Å². The third-order valence-corrected chi connectivity index (χ3v) is 4.09. The second-order valence-electron chi connectivity index (χ2n) is 5.17. The molecule has 5 nitrogen and oxygen atoms in total. The number of halogens is 3. The monoisotopic (exact) mass is 381 g/mol. The highest BCUT2D eigenvalue weighted by Crippen LogP contribution is 2.30. The smallest absolute Gasteiger partial charge is 0.320 e. The largest absolute Gasteiger partial charge is 0.481 e. The maximum Gasteiger partial charge on any atom is 0.320 e. The van der Waals surface area contributed by atoms with Gasteiger partial charge in [-0.15, -0.1) is 5.10 Å². The van der Waals surface area contributed by atoms with Crippen LogP contribution in [0.1, 0.15) is 25.3 Å². The summed E-state index contributed by atoms with van der Waals surface area (Å²) < 4.78 is 24.4. The molecule has 0 fully saturated rings. The van der Waals surface area contributed by atoms with Crippen LogP contribution in [-0.4, -0.2) is 10.2 Å². The van der Waals surface area contributed by atoms with Gasteiger partial charge in [0.15, 0.2) is 6.10 Å².